The van der Waals surface area contributed by atoms with E-state index < -0.39 is 0 Å². The summed E-state index contributed by atoms with van der Waals surface area (Å²) in [6, 6.07) is 8.38. The molecule has 1 fully saturated rings. The standard InChI is InChI=1S/C12H13NO3.C5H4ClN/c14-7-10-5-11(16)1-2-12(10)9-3-4-13(6-9)8-15;6-5-2-1-3-7-4-5/h1-2,5,7-9,16H,3-4,6H2;1-4H. The minimum absolute atomic E-state index is 0.0936. The first-order valence-electron chi connectivity index (χ1n) is 7.17. The van der Waals surface area contributed by atoms with E-state index in [9.17, 15) is 14.7 Å². The number of aromatic nitrogens is 1. The molecule has 0 saturated carbocycles. The molecule has 1 atom stereocenters. The van der Waals surface area contributed by atoms with Gasteiger partial charge in [-0.1, -0.05) is 17.7 Å². The number of hydrogen-bond acceptors (Lipinski definition) is 4. The van der Waals surface area contributed by atoms with Crippen molar-refractivity contribution in [2.24, 2.45) is 0 Å². The average Bonchev–Trinajstić information content (AvgIpc) is 3.05. The van der Waals surface area contributed by atoms with Crippen molar-refractivity contribution in [1.29, 1.82) is 0 Å². The van der Waals surface area contributed by atoms with Gasteiger partial charge in [0.25, 0.3) is 0 Å². The largest absolute Gasteiger partial charge is 0.508 e. The van der Waals surface area contributed by atoms with Gasteiger partial charge < -0.3 is 10.0 Å². The molecule has 120 valence electrons. The maximum atomic E-state index is 10.9. The summed E-state index contributed by atoms with van der Waals surface area (Å²) in [6.45, 7) is 1.38. The van der Waals surface area contributed by atoms with Gasteiger partial charge >= 0.3 is 0 Å². The Morgan fingerprint density at radius 3 is 2.65 bits per heavy atom. The van der Waals surface area contributed by atoms with Crippen molar-refractivity contribution >= 4 is 24.3 Å². The predicted octanol–water partition coefficient (Wildman–Crippen LogP) is 2.89. The van der Waals surface area contributed by atoms with E-state index in [0.29, 0.717) is 17.1 Å². The summed E-state index contributed by atoms with van der Waals surface area (Å²) < 4.78 is 0. The number of amides is 1. The Hall–Kier alpha value is -2.40. The topological polar surface area (TPSA) is 70.5 Å². The Morgan fingerprint density at radius 2 is 2.13 bits per heavy atom. The third-order valence-electron chi connectivity index (χ3n) is 3.63. The Bertz CT molecular complexity index is 664. The normalized spacial score (nSPS) is 16.4. The fraction of sp³-hybridized carbons (Fsp3) is 0.235. The summed E-state index contributed by atoms with van der Waals surface area (Å²) in [5.74, 6) is 0.294. The SMILES string of the molecule is Clc1cccnc1.O=Cc1cc(O)ccc1C1CCN(C=O)C1. The summed E-state index contributed by atoms with van der Waals surface area (Å²) in [5.41, 5.74) is 1.43. The minimum atomic E-state index is 0.0936. The van der Waals surface area contributed by atoms with Crippen LogP contribution in [0.25, 0.3) is 0 Å². The molecular formula is C17H17ClN2O3. The Kier molecular flexibility index (Phi) is 6.11. The van der Waals surface area contributed by atoms with Crippen LogP contribution < -0.4 is 0 Å². The van der Waals surface area contributed by atoms with E-state index >= 15 is 0 Å². The van der Waals surface area contributed by atoms with E-state index in [2.05, 4.69) is 4.98 Å². The van der Waals surface area contributed by atoms with Gasteiger partial charge in [0.05, 0.1) is 5.02 Å². The van der Waals surface area contributed by atoms with Crippen LogP contribution >= 0.6 is 11.6 Å². The average molecular weight is 333 g/mol. The van der Waals surface area contributed by atoms with Gasteiger partial charge in [-0.25, -0.2) is 0 Å². The van der Waals surface area contributed by atoms with Crippen LogP contribution in [0.1, 0.15) is 28.3 Å². The third kappa shape index (κ3) is 4.79. The zero-order valence-electron chi connectivity index (χ0n) is 12.4. The maximum Gasteiger partial charge on any atom is 0.209 e. The number of halogens is 1. The maximum absolute atomic E-state index is 10.9. The van der Waals surface area contributed by atoms with Crippen LogP contribution in [0.15, 0.2) is 42.7 Å². The molecule has 6 heteroatoms. The first-order valence-corrected chi connectivity index (χ1v) is 7.54. The molecule has 23 heavy (non-hydrogen) atoms. The second-order valence-electron chi connectivity index (χ2n) is 5.19. The number of pyridine rings is 1. The molecule has 1 aromatic carbocycles. The van der Waals surface area contributed by atoms with Crippen molar-refractivity contribution in [2.75, 3.05) is 13.1 Å². The van der Waals surface area contributed by atoms with E-state index in [0.717, 1.165) is 31.2 Å². The van der Waals surface area contributed by atoms with Crippen molar-refractivity contribution in [1.82, 2.24) is 9.88 Å². The first kappa shape index (κ1) is 17.0. The fourth-order valence-electron chi connectivity index (χ4n) is 2.51. The number of carbonyl (C=O) groups is 2. The first-order chi connectivity index (χ1) is 11.1. The molecule has 1 amide bonds. The van der Waals surface area contributed by atoms with Crippen LogP contribution in [0, 0.1) is 0 Å². The molecule has 1 N–H and O–H groups in total. The third-order valence-corrected chi connectivity index (χ3v) is 3.85. The molecule has 1 aliphatic heterocycles. The number of phenolic OH excluding ortho intramolecular Hbond substituents is 1. The van der Waals surface area contributed by atoms with E-state index in [4.69, 9.17) is 11.6 Å². The van der Waals surface area contributed by atoms with Gasteiger partial charge in [0.2, 0.25) is 6.41 Å². The second kappa shape index (κ2) is 8.29. The van der Waals surface area contributed by atoms with E-state index in [1.165, 1.54) is 6.07 Å². The van der Waals surface area contributed by atoms with Gasteiger partial charge in [0.15, 0.2) is 0 Å². The van der Waals surface area contributed by atoms with E-state index in [1.807, 2.05) is 0 Å². The second-order valence-corrected chi connectivity index (χ2v) is 5.62. The van der Waals surface area contributed by atoms with Gasteiger partial charge in [0.1, 0.15) is 12.0 Å². The molecule has 1 unspecified atom stereocenters. The van der Waals surface area contributed by atoms with E-state index in [1.54, 1.807) is 41.6 Å². The smallest absolute Gasteiger partial charge is 0.209 e. The number of rotatable bonds is 3. The molecule has 5 nitrogen and oxygen atoms in total. The summed E-state index contributed by atoms with van der Waals surface area (Å²) in [5, 5.41) is 9.97. The summed E-state index contributed by atoms with van der Waals surface area (Å²) in [6.07, 6.45) is 5.73. The highest BCUT2D eigenvalue weighted by molar-refractivity contribution is 6.30. The molecule has 2 heterocycles. The number of likely N-dealkylation sites (tertiary alicyclic amines) is 1. The summed E-state index contributed by atoms with van der Waals surface area (Å²) >= 11 is 5.48. The van der Waals surface area contributed by atoms with Crippen molar-refractivity contribution in [3.8, 4) is 5.75 Å². The van der Waals surface area contributed by atoms with Crippen LogP contribution in [-0.4, -0.2) is 40.8 Å². The predicted molar refractivity (Wildman–Crippen MR) is 87.7 cm³/mol. The van der Waals surface area contributed by atoms with Crippen molar-refractivity contribution in [3.63, 3.8) is 0 Å². The number of aldehydes is 1. The minimum Gasteiger partial charge on any atom is -0.508 e. The Balaban J connectivity index is 0.000000229. The molecule has 0 aliphatic carbocycles. The lowest BCUT2D eigenvalue weighted by Gasteiger charge is -2.13. The Labute approximate surface area is 139 Å². The van der Waals surface area contributed by atoms with Crippen molar-refractivity contribution in [2.45, 2.75) is 12.3 Å². The monoisotopic (exact) mass is 332 g/mol. The van der Waals surface area contributed by atoms with Crippen LogP contribution in [0.4, 0.5) is 0 Å². The van der Waals surface area contributed by atoms with E-state index in [-0.39, 0.29) is 11.7 Å². The van der Waals surface area contributed by atoms with Crippen molar-refractivity contribution in [3.05, 3.63) is 58.9 Å². The quantitative estimate of drug-likeness (QED) is 0.877. The van der Waals surface area contributed by atoms with Gasteiger partial charge in [-0.2, -0.15) is 0 Å². The molecule has 3 rings (SSSR count). The number of phenols is 1. The van der Waals surface area contributed by atoms with Crippen LogP contribution in [0.2, 0.25) is 5.02 Å². The molecule has 0 spiro atoms. The summed E-state index contributed by atoms with van der Waals surface area (Å²) in [7, 11) is 0. The van der Waals surface area contributed by atoms with Crippen LogP contribution in [0.5, 0.6) is 5.75 Å². The molecule has 0 radical (unpaired) electrons. The highest BCUT2D eigenvalue weighted by Gasteiger charge is 2.24. The zero-order valence-corrected chi connectivity index (χ0v) is 13.2. The number of hydrogen-bond donors (Lipinski definition) is 1. The molecular weight excluding hydrogens is 316 g/mol. The highest BCUT2D eigenvalue weighted by atomic mass is 35.5. The fourth-order valence-corrected chi connectivity index (χ4v) is 2.64. The lowest BCUT2D eigenvalue weighted by Crippen LogP contribution is -2.17. The van der Waals surface area contributed by atoms with Crippen LogP contribution in [-0.2, 0) is 4.79 Å². The van der Waals surface area contributed by atoms with Gasteiger partial charge in [-0.05, 0) is 36.2 Å². The molecule has 1 aromatic heterocycles. The lowest BCUT2D eigenvalue weighted by molar-refractivity contribution is -0.117. The molecule has 1 aliphatic rings. The molecule has 0 bridgehead atoms. The van der Waals surface area contributed by atoms with Crippen molar-refractivity contribution < 1.29 is 14.7 Å². The van der Waals surface area contributed by atoms with Gasteiger partial charge in [0, 0.05) is 37.0 Å². The number of aromatic hydroxyl groups is 1. The highest BCUT2D eigenvalue weighted by Crippen LogP contribution is 2.30. The summed E-state index contributed by atoms with van der Waals surface area (Å²) in [4.78, 5) is 27.0. The lowest BCUT2D eigenvalue weighted by atomic mass is 9.94. The van der Waals surface area contributed by atoms with Crippen LogP contribution in [0.3, 0.4) is 0 Å². The zero-order chi connectivity index (χ0) is 16.7. The van der Waals surface area contributed by atoms with Gasteiger partial charge in [-0.15, -0.1) is 0 Å². The Morgan fingerprint density at radius 1 is 1.30 bits per heavy atom. The molecule has 1 saturated heterocycles. The van der Waals surface area contributed by atoms with Gasteiger partial charge in [-0.3, -0.25) is 14.6 Å². The molecule has 2 aromatic rings. The number of carbonyl (C=O) groups excluding carboxylic acids is 2. The number of nitrogens with zero attached hydrogens (tertiary/aromatic N) is 2. The number of benzene rings is 1.